The van der Waals surface area contributed by atoms with Crippen molar-refractivity contribution in [2.45, 2.75) is 85.9 Å². The third kappa shape index (κ3) is 2.40. The van der Waals surface area contributed by atoms with Crippen LogP contribution in [0.1, 0.15) is 27.7 Å². The van der Waals surface area contributed by atoms with Crippen molar-refractivity contribution in [2.75, 3.05) is 21.3 Å². The summed E-state index contributed by atoms with van der Waals surface area (Å²) >= 11 is 6.91. The molecule has 33 heavy (non-hydrogen) atoms. The SMILES string of the molecule is COC1(OC)C2C(=O)N[C@H]3[C@@H]4OC(C)(C)O[C@@H]4[C@]4(OC)OC(C)(C)O[C@@H]4[C@@H]3C23C=CC1(Cl)O3. The van der Waals surface area contributed by atoms with Gasteiger partial charge in [-0.2, -0.15) is 0 Å². The van der Waals surface area contributed by atoms with E-state index < -0.39 is 70.0 Å². The van der Waals surface area contributed by atoms with Gasteiger partial charge >= 0.3 is 0 Å². The van der Waals surface area contributed by atoms with Crippen LogP contribution >= 0.6 is 11.6 Å². The van der Waals surface area contributed by atoms with E-state index in [1.807, 2.05) is 33.8 Å². The van der Waals surface area contributed by atoms with Crippen molar-refractivity contribution in [1.29, 1.82) is 0 Å². The molecular formula is C22H30ClNO9. The highest BCUT2D eigenvalue weighted by Crippen LogP contribution is 2.67. The second-order valence-corrected chi connectivity index (χ2v) is 11.1. The fourth-order valence-corrected chi connectivity index (χ4v) is 7.57. The predicted molar refractivity (Wildman–Crippen MR) is 111 cm³/mol. The summed E-state index contributed by atoms with van der Waals surface area (Å²) in [4.78, 5) is 13.7. The number of methoxy groups -OCH3 is 3. The molecule has 1 saturated carbocycles. The fourth-order valence-electron chi connectivity index (χ4n) is 7.11. The van der Waals surface area contributed by atoms with Gasteiger partial charge in [-0.25, -0.2) is 0 Å². The van der Waals surface area contributed by atoms with Gasteiger partial charge in [0.2, 0.25) is 22.5 Å². The Morgan fingerprint density at radius 3 is 2.21 bits per heavy atom. The molecule has 9 atom stereocenters. The summed E-state index contributed by atoms with van der Waals surface area (Å²) < 4.78 is 49.6. The lowest BCUT2D eigenvalue weighted by Crippen LogP contribution is -2.79. The molecule has 0 aromatic rings. The van der Waals surface area contributed by atoms with Crippen LogP contribution in [0.3, 0.4) is 0 Å². The van der Waals surface area contributed by atoms with Gasteiger partial charge in [0.25, 0.3) is 0 Å². The molecular weight excluding hydrogens is 458 g/mol. The number of carbonyl (C=O) groups excluding carboxylic acids is 1. The minimum atomic E-state index is -1.55. The minimum absolute atomic E-state index is 0.318. The third-order valence-corrected chi connectivity index (χ3v) is 8.48. The van der Waals surface area contributed by atoms with Crippen LogP contribution < -0.4 is 5.32 Å². The number of hydrogen-bond donors (Lipinski definition) is 1. The second-order valence-electron chi connectivity index (χ2n) is 10.5. The van der Waals surface area contributed by atoms with Crippen molar-refractivity contribution < 1.29 is 42.7 Å². The van der Waals surface area contributed by atoms with E-state index >= 15 is 0 Å². The van der Waals surface area contributed by atoms with Gasteiger partial charge in [-0.05, 0) is 33.8 Å². The Bertz CT molecular complexity index is 937. The average molecular weight is 488 g/mol. The molecule has 184 valence electrons. The number of rotatable bonds is 3. The molecule has 1 spiro atoms. The lowest BCUT2D eigenvalue weighted by Gasteiger charge is -2.57. The monoisotopic (exact) mass is 487 g/mol. The molecule has 10 nitrogen and oxygen atoms in total. The van der Waals surface area contributed by atoms with Gasteiger partial charge in [0, 0.05) is 27.2 Å². The highest BCUT2D eigenvalue weighted by Gasteiger charge is 2.85. The number of fused-ring (bicyclic) bond motifs is 7. The molecule has 6 rings (SSSR count). The molecule has 3 unspecified atom stereocenters. The summed E-state index contributed by atoms with van der Waals surface area (Å²) in [5, 5.41) is 1.62. The number of amides is 1. The van der Waals surface area contributed by atoms with Crippen molar-refractivity contribution in [3.05, 3.63) is 12.2 Å². The summed E-state index contributed by atoms with van der Waals surface area (Å²) in [5.41, 5.74) is -1.22. The molecule has 0 radical (unpaired) electrons. The summed E-state index contributed by atoms with van der Waals surface area (Å²) in [7, 11) is 4.45. The first-order chi connectivity index (χ1) is 15.3. The zero-order chi connectivity index (χ0) is 23.8. The Hall–Kier alpha value is -0.820. The van der Waals surface area contributed by atoms with E-state index in [0.717, 1.165) is 0 Å². The van der Waals surface area contributed by atoms with Crippen LogP contribution in [0.15, 0.2) is 12.2 Å². The van der Waals surface area contributed by atoms with Crippen LogP contribution in [0, 0.1) is 11.8 Å². The lowest BCUT2D eigenvalue weighted by molar-refractivity contribution is -0.313. The van der Waals surface area contributed by atoms with Crippen LogP contribution in [0.2, 0.25) is 0 Å². The summed E-state index contributed by atoms with van der Waals surface area (Å²) in [5.74, 6) is -6.56. The Morgan fingerprint density at radius 2 is 1.58 bits per heavy atom. The minimum Gasteiger partial charge on any atom is -0.350 e. The molecule has 11 heteroatoms. The predicted octanol–water partition coefficient (Wildman–Crippen LogP) is 1.01. The van der Waals surface area contributed by atoms with Crippen LogP contribution in [0.4, 0.5) is 0 Å². The number of halogens is 1. The van der Waals surface area contributed by atoms with E-state index in [2.05, 4.69) is 5.32 Å². The standard InChI is InChI=1S/C22H30ClNO9/c1-17(2)29-12-11-10(14-21(26-5,15(12)31-17)32-18(3,4)30-14)19-8-9-20(23,33-19)22(27-6,28-7)13(19)16(25)24-11/h8-15H,1-7H3,(H,24,25)/t10-,11-,12+,13?,14-,15+,19?,20?,21-/m1/s1. The molecule has 5 aliphatic heterocycles. The smallest absolute Gasteiger partial charge is 0.232 e. The average Bonchev–Trinajstić information content (AvgIpc) is 3.40. The van der Waals surface area contributed by atoms with Gasteiger partial charge in [0.1, 0.15) is 29.8 Å². The van der Waals surface area contributed by atoms with E-state index in [1.165, 1.54) is 14.2 Å². The first-order valence-electron chi connectivity index (χ1n) is 11.1. The Morgan fingerprint density at radius 1 is 0.909 bits per heavy atom. The van der Waals surface area contributed by atoms with Crippen LogP contribution in [-0.2, 0) is 42.7 Å². The Labute approximate surface area is 197 Å². The van der Waals surface area contributed by atoms with Crippen molar-refractivity contribution in [3.63, 3.8) is 0 Å². The van der Waals surface area contributed by atoms with Crippen molar-refractivity contribution >= 4 is 17.5 Å². The van der Waals surface area contributed by atoms with Gasteiger partial charge in [-0.1, -0.05) is 17.7 Å². The maximum absolute atomic E-state index is 13.7. The van der Waals surface area contributed by atoms with E-state index in [9.17, 15) is 4.79 Å². The van der Waals surface area contributed by atoms with Gasteiger partial charge in [-0.15, -0.1) is 0 Å². The number of nitrogens with one attached hydrogen (secondary N) is 1. The molecule has 1 amide bonds. The van der Waals surface area contributed by atoms with E-state index in [0.29, 0.717) is 0 Å². The number of hydrogen-bond acceptors (Lipinski definition) is 9. The van der Waals surface area contributed by atoms with Gasteiger partial charge < -0.3 is 43.2 Å². The number of piperidine rings is 1. The zero-order valence-electron chi connectivity index (χ0n) is 19.7. The van der Waals surface area contributed by atoms with E-state index in [1.54, 1.807) is 13.2 Å². The molecule has 1 aliphatic carbocycles. The Balaban J connectivity index is 1.57. The molecule has 4 saturated heterocycles. The number of alkyl halides is 1. The molecule has 2 bridgehead atoms. The highest BCUT2D eigenvalue weighted by atomic mass is 35.5. The molecule has 5 fully saturated rings. The number of carbonyl (C=O) groups is 1. The molecule has 0 aromatic carbocycles. The number of ether oxygens (including phenoxy) is 8. The van der Waals surface area contributed by atoms with Gasteiger partial charge in [0.15, 0.2) is 11.6 Å². The fraction of sp³-hybridized carbons (Fsp3) is 0.864. The first kappa shape index (κ1) is 22.6. The largest absolute Gasteiger partial charge is 0.350 e. The van der Waals surface area contributed by atoms with Crippen LogP contribution in [0.5, 0.6) is 0 Å². The van der Waals surface area contributed by atoms with E-state index in [-0.39, 0.29) is 5.91 Å². The maximum Gasteiger partial charge on any atom is 0.232 e. The third-order valence-electron chi connectivity index (χ3n) is 8.01. The summed E-state index contributed by atoms with van der Waals surface area (Å²) in [6.45, 7) is 7.26. The summed E-state index contributed by atoms with van der Waals surface area (Å²) in [6, 6.07) is -0.542. The second kappa shape index (κ2) is 6.29. The van der Waals surface area contributed by atoms with Crippen molar-refractivity contribution in [1.82, 2.24) is 5.32 Å². The quantitative estimate of drug-likeness (QED) is 0.355. The molecule has 5 heterocycles. The van der Waals surface area contributed by atoms with Crippen molar-refractivity contribution in [3.8, 4) is 0 Å². The normalized spacial score (nSPS) is 53.9. The Kier molecular flexibility index (Phi) is 4.32. The maximum atomic E-state index is 13.7. The topological polar surface area (TPSA) is 103 Å². The van der Waals surface area contributed by atoms with Crippen LogP contribution in [-0.4, -0.2) is 85.4 Å². The molecule has 0 aromatic heterocycles. The zero-order valence-corrected chi connectivity index (χ0v) is 20.4. The van der Waals surface area contributed by atoms with E-state index in [4.69, 9.17) is 49.5 Å². The highest BCUT2D eigenvalue weighted by molar-refractivity contribution is 6.26. The first-order valence-corrected chi connectivity index (χ1v) is 11.5. The molecule has 6 aliphatic rings. The van der Waals surface area contributed by atoms with Crippen molar-refractivity contribution in [2.24, 2.45) is 11.8 Å². The summed E-state index contributed by atoms with van der Waals surface area (Å²) in [6.07, 6.45) is 1.55. The van der Waals surface area contributed by atoms with Crippen LogP contribution in [0.25, 0.3) is 0 Å². The van der Waals surface area contributed by atoms with Gasteiger partial charge in [-0.3, -0.25) is 4.79 Å². The molecule has 1 N–H and O–H groups in total. The lowest BCUT2D eigenvalue weighted by atomic mass is 9.59. The van der Waals surface area contributed by atoms with Gasteiger partial charge in [0.05, 0.1) is 6.04 Å².